The molecule has 2 aromatic heterocycles. The summed E-state index contributed by atoms with van der Waals surface area (Å²) >= 11 is 1.54. The van der Waals surface area contributed by atoms with Crippen molar-refractivity contribution in [2.75, 3.05) is 19.0 Å². The summed E-state index contributed by atoms with van der Waals surface area (Å²) < 4.78 is 18.8. The van der Waals surface area contributed by atoms with Gasteiger partial charge in [0, 0.05) is 41.3 Å². The fourth-order valence-corrected chi connectivity index (χ4v) is 9.04. The number of ether oxygens (including phenoxy) is 3. The number of nitrogens with zero attached hydrogens (tertiary/aromatic N) is 3. The number of amides is 2. The molecule has 13 heteroatoms. The highest BCUT2D eigenvalue weighted by molar-refractivity contribution is 7.14. The largest absolute Gasteiger partial charge is 0.497 e. The second-order valence-corrected chi connectivity index (χ2v) is 16.2. The molecule has 8 rings (SSSR count). The van der Waals surface area contributed by atoms with Crippen LogP contribution in [0.4, 0.5) is 5.13 Å². The van der Waals surface area contributed by atoms with Gasteiger partial charge in [-0.1, -0.05) is 37.8 Å². The number of carboxylic acids is 1. The number of methoxy groups -OCH3 is 1. The molecule has 3 aliphatic carbocycles. The second kappa shape index (κ2) is 15.3. The van der Waals surface area contributed by atoms with Crippen molar-refractivity contribution >= 4 is 45.2 Å². The summed E-state index contributed by atoms with van der Waals surface area (Å²) in [5, 5.41) is 20.3. The van der Waals surface area contributed by atoms with E-state index in [1.54, 1.807) is 23.3 Å². The Hall–Kier alpha value is -4.23. The first kappa shape index (κ1) is 35.8. The lowest BCUT2D eigenvalue weighted by Gasteiger charge is -2.30. The number of rotatable bonds is 9. The van der Waals surface area contributed by atoms with Crippen LogP contribution in [0.5, 0.6) is 11.5 Å². The third kappa shape index (κ3) is 7.60. The van der Waals surface area contributed by atoms with E-state index in [2.05, 4.69) is 10.6 Å². The SMILES string of the molecule is COc1ccc2c(OC3CC4C(=O)NC5(C(=O)O)CC5/C=C/CCCCCC(OC5CCCC5)C(=O)N4C3)cc(-c3csc(NC4CCC4)n3)nc2c1. The van der Waals surface area contributed by atoms with Crippen molar-refractivity contribution in [3.05, 3.63) is 41.8 Å². The van der Waals surface area contributed by atoms with Crippen LogP contribution < -0.4 is 20.1 Å². The maximum absolute atomic E-state index is 14.5. The summed E-state index contributed by atoms with van der Waals surface area (Å²) in [6.45, 7) is 0.159. The highest BCUT2D eigenvalue weighted by Crippen LogP contribution is 2.46. The van der Waals surface area contributed by atoms with E-state index in [0.29, 0.717) is 41.6 Å². The normalized spacial score (nSPS) is 29.0. The molecule has 4 heterocycles. The van der Waals surface area contributed by atoms with Gasteiger partial charge in [0.2, 0.25) is 5.91 Å². The molecule has 0 bridgehead atoms. The number of allylic oxidation sites excluding steroid dienone is 1. The first-order valence-corrected chi connectivity index (χ1v) is 20.2. The Morgan fingerprint density at radius 2 is 1.83 bits per heavy atom. The Labute approximate surface area is 313 Å². The average molecular weight is 744 g/mol. The first-order chi connectivity index (χ1) is 25.8. The van der Waals surface area contributed by atoms with E-state index in [1.165, 1.54) is 6.42 Å². The van der Waals surface area contributed by atoms with Gasteiger partial charge in [-0.15, -0.1) is 11.3 Å². The number of carbonyl (C=O) groups excluding carboxylic acids is 2. The van der Waals surface area contributed by atoms with Crippen molar-refractivity contribution in [2.24, 2.45) is 5.92 Å². The van der Waals surface area contributed by atoms with Crippen molar-refractivity contribution in [1.29, 1.82) is 0 Å². The zero-order valence-electron chi connectivity index (χ0n) is 30.3. The molecule has 5 unspecified atom stereocenters. The van der Waals surface area contributed by atoms with Gasteiger partial charge < -0.3 is 34.9 Å². The number of aliphatic carboxylic acids is 1. The van der Waals surface area contributed by atoms with Gasteiger partial charge in [-0.05, 0) is 69.9 Å². The molecule has 5 atom stereocenters. The van der Waals surface area contributed by atoms with Gasteiger partial charge in [-0.2, -0.15) is 0 Å². The monoisotopic (exact) mass is 743 g/mol. The number of pyridine rings is 1. The van der Waals surface area contributed by atoms with Crippen molar-refractivity contribution in [2.45, 2.75) is 126 Å². The Bertz CT molecular complexity index is 1870. The lowest BCUT2D eigenvalue weighted by atomic mass is 9.93. The lowest BCUT2D eigenvalue weighted by Crippen LogP contribution is -2.54. The summed E-state index contributed by atoms with van der Waals surface area (Å²) in [5.41, 5.74) is 0.651. The fourth-order valence-electron chi connectivity index (χ4n) is 8.26. The summed E-state index contributed by atoms with van der Waals surface area (Å²) in [7, 11) is 1.61. The van der Waals surface area contributed by atoms with Crippen LogP contribution in [0.15, 0.2) is 41.8 Å². The van der Waals surface area contributed by atoms with Crippen molar-refractivity contribution in [1.82, 2.24) is 20.2 Å². The quantitative estimate of drug-likeness (QED) is 0.208. The van der Waals surface area contributed by atoms with E-state index in [4.69, 9.17) is 24.2 Å². The van der Waals surface area contributed by atoms with E-state index >= 15 is 0 Å². The Morgan fingerprint density at radius 1 is 1.00 bits per heavy atom. The number of nitrogens with one attached hydrogen (secondary N) is 2. The molecule has 0 spiro atoms. The number of carbonyl (C=O) groups is 3. The van der Waals surface area contributed by atoms with Crippen LogP contribution in [0.2, 0.25) is 0 Å². The van der Waals surface area contributed by atoms with Crippen molar-refractivity contribution < 1.29 is 33.7 Å². The third-order valence-corrected chi connectivity index (χ3v) is 12.5. The molecule has 5 aliphatic rings. The molecule has 2 aliphatic heterocycles. The van der Waals surface area contributed by atoms with Gasteiger partial charge in [0.05, 0.1) is 31.0 Å². The van der Waals surface area contributed by atoms with Gasteiger partial charge in [0.15, 0.2) is 5.13 Å². The van der Waals surface area contributed by atoms with E-state index in [-0.39, 0.29) is 30.9 Å². The summed E-state index contributed by atoms with van der Waals surface area (Å²) in [6, 6.07) is 7.03. The van der Waals surface area contributed by atoms with Crippen LogP contribution in [0, 0.1) is 5.92 Å². The zero-order chi connectivity index (χ0) is 36.5. The van der Waals surface area contributed by atoms with E-state index in [1.807, 2.05) is 41.8 Å². The topological polar surface area (TPSA) is 152 Å². The summed E-state index contributed by atoms with van der Waals surface area (Å²) in [5.74, 6) is -0.846. The van der Waals surface area contributed by atoms with Crippen molar-refractivity contribution in [3.8, 4) is 22.9 Å². The Balaban J connectivity index is 1.10. The van der Waals surface area contributed by atoms with E-state index < -0.39 is 35.7 Å². The number of anilines is 1. The molecular weight excluding hydrogens is 695 g/mol. The molecule has 4 fully saturated rings. The highest BCUT2D eigenvalue weighted by atomic mass is 32.1. The smallest absolute Gasteiger partial charge is 0.330 e. The first-order valence-electron chi connectivity index (χ1n) is 19.4. The number of aromatic nitrogens is 2. The third-order valence-electron chi connectivity index (χ3n) is 11.7. The molecule has 2 amide bonds. The number of benzene rings is 1. The highest BCUT2D eigenvalue weighted by Gasteiger charge is 2.61. The van der Waals surface area contributed by atoms with Crippen LogP contribution in [0.25, 0.3) is 22.3 Å². The molecule has 1 saturated heterocycles. The van der Waals surface area contributed by atoms with Crippen LogP contribution in [-0.2, 0) is 19.1 Å². The molecule has 1 aromatic carbocycles. The Kier molecular flexibility index (Phi) is 10.3. The standard InChI is InChI=1S/C40H49N5O7S/c1-50-27-16-17-29-30(18-27)42-31(32-23-53-39(43-32)41-25-11-9-12-25)20-35(29)52-28-19-33-36(46)44-40(38(48)49)21-24(40)10-5-3-2-4-6-15-34(37(47)45(33)22-28)51-26-13-7-8-14-26/h5,10,16-18,20,23-26,28,33-34H,2-4,6-9,11-15,19,21-22H2,1H3,(H,41,43)(H,44,46)(H,48,49)/b10-5+. The predicted molar refractivity (Wildman–Crippen MR) is 201 cm³/mol. The molecule has 12 nitrogen and oxygen atoms in total. The number of fused-ring (bicyclic) bond motifs is 3. The molecule has 0 radical (unpaired) electrons. The number of carboxylic acid groups (broad SMARTS) is 1. The molecule has 282 valence electrons. The van der Waals surface area contributed by atoms with Crippen LogP contribution >= 0.6 is 11.3 Å². The molecule has 53 heavy (non-hydrogen) atoms. The number of thiazole rings is 1. The van der Waals surface area contributed by atoms with Gasteiger partial charge in [-0.3, -0.25) is 9.59 Å². The zero-order valence-corrected chi connectivity index (χ0v) is 31.1. The maximum atomic E-state index is 14.5. The van der Waals surface area contributed by atoms with Crippen molar-refractivity contribution in [3.63, 3.8) is 0 Å². The molecule has 3 saturated carbocycles. The summed E-state index contributed by atoms with van der Waals surface area (Å²) in [6.07, 6.45) is 14.9. The minimum absolute atomic E-state index is 0.0205. The predicted octanol–water partition coefficient (Wildman–Crippen LogP) is 6.49. The minimum atomic E-state index is -1.38. The Morgan fingerprint density at radius 3 is 2.60 bits per heavy atom. The van der Waals surface area contributed by atoms with Gasteiger partial charge >= 0.3 is 5.97 Å². The van der Waals surface area contributed by atoms with Crippen LogP contribution in [-0.4, -0.2) is 87.3 Å². The minimum Gasteiger partial charge on any atom is -0.497 e. The summed E-state index contributed by atoms with van der Waals surface area (Å²) in [4.78, 5) is 52.6. The van der Waals surface area contributed by atoms with Crippen LogP contribution in [0.3, 0.4) is 0 Å². The van der Waals surface area contributed by atoms with Gasteiger partial charge in [-0.25, -0.2) is 14.8 Å². The second-order valence-electron chi connectivity index (χ2n) is 15.4. The van der Waals surface area contributed by atoms with Crippen LogP contribution in [0.1, 0.15) is 89.9 Å². The van der Waals surface area contributed by atoms with E-state index in [0.717, 1.165) is 80.4 Å². The number of hydrogen-bond acceptors (Lipinski definition) is 10. The maximum Gasteiger partial charge on any atom is 0.330 e. The average Bonchev–Trinajstić information content (AvgIpc) is 3.58. The molecular formula is C40H49N5O7S. The van der Waals surface area contributed by atoms with Gasteiger partial charge in [0.1, 0.15) is 41.0 Å². The lowest BCUT2D eigenvalue weighted by molar-refractivity contribution is -0.153. The van der Waals surface area contributed by atoms with E-state index in [9.17, 15) is 19.5 Å². The fraction of sp³-hybridized carbons (Fsp3) is 0.575. The molecule has 3 aromatic rings. The molecule has 3 N–H and O–H groups in total. The number of hydrogen-bond donors (Lipinski definition) is 3. The van der Waals surface area contributed by atoms with Gasteiger partial charge in [0.25, 0.3) is 5.91 Å².